The maximum Gasteiger partial charge on any atom is 0.220 e. The van der Waals surface area contributed by atoms with Crippen LogP contribution in [0.5, 0.6) is 0 Å². The summed E-state index contributed by atoms with van der Waals surface area (Å²) in [7, 11) is 0. The fourth-order valence-electron chi connectivity index (χ4n) is 3.19. The van der Waals surface area contributed by atoms with Crippen LogP contribution in [0.1, 0.15) is 103 Å². The SMILES string of the molecule is O=C(CCCCCCCCC#CC#CCCCCCCCCC(=O)NCCO)NCCO. The van der Waals surface area contributed by atoms with Crippen molar-refractivity contribution in [3.05, 3.63) is 0 Å². The van der Waals surface area contributed by atoms with E-state index in [4.69, 9.17) is 10.2 Å². The Bertz CT molecular complexity index is 532. The summed E-state index contributed by atoms with van der Waals surface area (Å²) in [6, 6.07) is 0. The summed E-state index contributed by atoms with van der Waals surface area (Å²) < 4.78 is 0. The number of aliphatic hydroxyl groups excluding tert-OH is 2. The van der Waals surface area contributed by atoms with Crippen molar-refractivity contribution in [3.63, 3.8) is 0 Å². The van der Waals surface area contributed by atoms with Crippen molar-refractivity contribution in [1.29, 1.82) is 0 Å². The average molecular weight is 449 g/mol. The molecular weight excluding hydrogens is 404 g/mol. The maximum absolute atomic E-state index is 11.4. The monoisotopic (exact) mass is 448 g/mol. The Hall–Kier alpha value is -2.02. The number of rotatable bonds is 20. The van der Waals surface area contributed by atoms with Crippen molar-refractivity contribution >= 4 is 11.8 Å². The maximum atomic E-state index is 11.4. The summed E-state index contributed by atoms with van der Waals surface area (Å²) in [6.07, 6.45) is 16.1. The molecule has 0 unspecified atom stereocenters. The second-order valence-corrected chi connectivity index (χ2v) is 7.99. The van der Waals surface area contributed by atoms with Gasteiger partial charge in [0.2, 0.25) is 11.8 Å². The molecule has 0 aromatic rings. The predicted molar refractivity (Wildman–Crippen MR) is 130 cm³/mol. The lowest BCUT2D eigenvalue weighted by Gasteiger charge is -2.03. The summed E-state index contributed by atoms with van der Waals surface area (Å²) in [4.78, 5) is 22.7. The van der Waals surface area contributed by atoms with E-state index in [1.165, 1.54) is 25.7 Å². The first kappa shape index (κ1) is 30.0. The zero-order chi connectivity index (χ0) is 23.5. The first-order chi connectivity index (χ1) is 15.7. The molecule has 0 aliphatic rings. The summed E-state index contributed by atoms with van der Waals surface area (Å²) in [5, 5.41) is 22.6. The van der Waals surface area contributed by atoms with Gasteiger partial charge in [-0.05, 0) is 37.5 Å². The van der Waals surface area contributed by atoms with Crippen LogP contribution in [0.3, 0.4) is 0 Å². The van der Waals surface area contributed by atoms with Crippen LogP contribution in [0.4, 0.5) is 0 Å². The molecule has 0 aliphatic heterocycles. The Balaban J connectivity index is 3.34. The van der Waals surface area contributed by atoms with Crippen molar-refractivity contribution in [3.8, 4) is 23.7 Å². The van der Waals surface area contributed by atoms with Gasteiger partial charge in [0.05, 0.1) is 13.2 Å². The Morgan fingerprint density at radius 1 is 0.531 bits per heavy atom. The Labute approximate surface area is 195 Å². The van der Waals surface area contributed by atoms with Crippen LogP contribution >= 0.6 is 0 Å². The van der Waals surface area contributed by atoms with Gasteiger partial charge in [0.1, 0.15) is 0 Å². The van der Waals surface area contributed by atoms with Crippen LogP contribution in [-0.2, 0) is 9.59 Å². The third kappa shape index (κ3) is 24.3. The molecule has 0 aliphatic carbocycles. The molecule has 32 heavy (non-hydrogen) atoms. The third-order valence-corrected chi connectivity index (χ3v) is 5.02. The second-order valence-electron chi connectivity index (χ2n) is 7.99. The zero-order valence-electron chi connectivity index (χ0n) is 19.9. The lowest BCUT2D eigenvalue weighted by atomic mass is 10.1. The third-order valence-electron chi connectivity index (χ3n) is 5.02. The quantitative estimate of drug-likeness (QED) is 0.169. The predicted octanol–water partition coefficient (Wildman–Crippen LogP) is 3.45. The largest absolute Gasteiger partial charge is 0.395 e. The van der Waals surface area contributed by atoms with Gasteiger partial charge in [-0.1, -0.05) is 63.2 Å². The molecule has 182 valence electrons. The fraction of sp³-hybridized carbons (Fsp3) is 0.769. The van der Waals surface area contributed by atoms with E-state index in [1.807, 2.05) is 0 Å². The molecule has 6 nitrogen and oxygen atoms in total. The van der Waals surface area contributed by atoms with Crippen LogP contribution in [0.2, 0.25) is 0 Å². The standard InChI is InChI=1S/C26H44N2O4/c29-23-21-27-25(31)19-17-15-13-11-9-7-5-3-1-2-4-6-8-10-12-14-16-18-20-26(32)28-22-24-30/h29-30H,5-24H2,(H,27,31)(H,28,32). The van der Waals surface area contributed by atoms with Crippen molar-refractivity contribution in [2.24, 2.45) is 0 Å². The minimum Gasteiger partial charge on any atom is -0.395 e. The molecule has 0 heterocycles. The van der Waals surface area contributed by atoms with E-state index in [0.29, 0.717) is 25.9 Å². The zero-order valence-corrected chi connectivity index (χ0v) is 19.9. The van der Waals surface area contributed by atoms with E-state index in [-0.39, 0.29) is 25.0 Å². The highest BCUT2D eigenvalue weighted by molar-refractivity contribution is 5.76. The smallest absolute Gasteiger partial charge is 0.220 e. The topological polar surface area (TPSA) is 98.7 Å². The first-order valence-electron chi connectivity index (χ1n) is 12.4. The van der Waals surface area contributed by atoms with Crippen LogP contribution in [0, 0.1) is 23.7 Å². The van der Waals surface area contributed by atoms with Gasteiger partial charge in [-0.2, -0.15) is 0 Å². The van der Waals surface area contributed by atoms with Gasteiger partial charge in [0.15, 0.2) is 0 Å². The number of hydrogen-bond acceptors (Lipinski definition) is 4. The van der Waals surface area contributed by atoms with Crippen molar-refractivity contribution in [2.75, 3.05) is 26.3 Å². The molecule has 0 radical (unpaired) electrons. The minimum atomic E-state index is -0.00113. The van der Waals surface area contributed by atoms with Crippen molar-refractivity contribution in [1.82, 2.24) is 10.6 Å². The van der Waals surface area contributed by atoms with E-state index in [0.717, 1.165) is 64.2 Å². The van der Waals surface area contributed by atoms with E-state index in [2.05, 4.69) is 34.3 Å². The molecule has 6 heteroatoms. The molecule has 0 spiro atoms. The molecule has 0 aromatic heterocycles. The second kappa shape index (κ2) is 25.2. The normalized spacial score (nSPS) is 9.94. The van der Waals surface area contributed by atoms with Crippen LogP contribution in [0.15, 0.2) is 0 Å². The van der Waals surface area contributed by atoms with E-state index < -0.39 is 0 Å². The number of nitrogens with one attached hydrogen (secondary N) is 2. The molecule has 0 rings (SSSR count). The number of hydrogen-bond donors (Lipinski definition) is 4. The van der Waals surface area contributed by atoms with Crippen LogP contribution < -0.4 is 10.6 Å². The lowest BCUT2D eigenvalue weighted by Crippen LogP contribution is -2.25. The van der Waals surface area contributed by atoms with Gasteiger partial charge in [0.25, 0.3) is 0 Å². The highest BCUT2D eigenvalue weighted by atomic mass is 16.3. The average Bonchev–Trinajstić information content (AvgIpc) is 2.80. The Kier molecular flexibility index (Phi) is 23.6. The highest BCUT2D eigenvalue weighted by Crippen LogP contribution is 2.09. The highest BCUT2D eigenvalue weighted by Gasteiger charge is 2.00. The molecule has 0 aromatic carbocycles. The summed E-state index contributed by atoms with van der Waals surface area (Å²) >= 11 is 0. The number of unbranched alkanes of at least 4 members (excludes halogenated alkanes) is 12. The van der Waals surface area contributed by atoms with Gasteiger partial charge in [0, 0.05) is 38.8 Å². The van der Waals surface area contributed by atoms with Crippen LogP contribution in [0.25, 0.3) is 0 Å². The van der Waals surface area contributed by atoms with E-state index in [9.17, 15) is 9.59 Å². The fourth-order valence-corrected chi connectivity index (χ4v) is 3.19. The molecule has 2 amide bonds. The van der Waals surface area contributed by atoms with Gasteiger partial charge in [-0.25, -0.2) is 0 Å². The summed E-state index contributed by atoms with van der Waals surface area (Å²) in [5.41, 5.74) is 0. The number of amides is 2. The first-order valence-corrected chi connectivity index (χ1v) is 12.4. The molecule has 0 saturated heterocycles. The van der Waals surface area contributed by atoms with Gasteiger partial charge >= 0.3 is 0 Å². The Morgan fingerprint density at radius 3 is 1.25 bits per heavy atom. The molecular formula is C26H44N2O4. The summed E-state index contributed by atoms with van der Waals surface area (Å²) in [5.74, 6) is 12.2. The molecule has 0 saturated carbocycles. The number of carbonyl (C=O) groups excluding carboxylic acids is 2. The molecule has 4 N–H and O–H groups in total. The van der Waals surface area contributed by atoms with E-state index in [1.54, 1.807) is 0 Å². The van der Waals surface area contributed by atoms with Gasteiger partial charge in [-0.3, -0.25) is 9.59 Å². The minimum absolute atomic E-state index is 0.00113. The molecule has 0 atom stereocenters. The van der Waals surface area contributed by atoms with Gasteiger partial charge < -0.3 is 20.8 Å². The summed E-state index contributed by atoms with van der Waals surface area (Å²) in [6.45, 7) is 0.696. The number of carbonyl (C=O) groups is 2. The van der Waals surface area contributed by atoms with Crippen molar-refractivity contribution in [2.45, 2.75) is 103 Å². The van der Waals surface area contributed by atoms with E-state index >= 15 is 0 Å². The van der Waals surface area contributed by atoms with Gasteiger partial charge in [-0.15, -0.1) is 0 Å². The molecule has 0 bridgehead atoms. The lowest BCUT2D eigenvalue weighted by molar-refractivity contribution is -0.122. The Morgan fingerprint density at radius 2 is 0.875 bits per heavy atom. The van der Waals surface area contributed by atoms with Crippen molar-refractivity contribution < 1.29 is 19.8 Å². The number of aliphatic hydroxyl groups is 2. The van der Waals surface area contributed by atoms with Crippen LogP contribution in [-0.4, -0.2) is 48.3 Å². The molecule has 0 fully saturated rings.